The van der Waals surface area contributed by atoms with Crippen molar-refractivity contribution < 1.29 is 4.74 Å². The van der Waals surface area contributed by atoms with E-state index in [1.807, 2.05) is 0 Å². The summed E-state index contributed by atoms with van der Waals surface area (Å²) in [5.41, 5.74) is 0.0781. The van der Waals surface area contributed by atoms with Gasteiger partial charge in [-0.1, -0.05) is 12.8 Å². The van der Waals surface area contributed by atoms with Crippen molar-refractivity contribution >= 4 is 21.9 Å². The minimum absolute atomic E-state index is 0.0781. The monoisotopic (exact) mass is 297 g/mol. The van der Waals surface area contributed by atoms with Gasteiger partial charge in [0.25, 0.3) is 0 Å². The predicted molar refractivity (Wildman–Crippen MR) is 69.1 cm³/mol. The van der Waals surface area contributed by atoms with Crippen LogP contribution in [-0.2, 0) is 4.74 Å². The first-order valence-electron chi connectivity index (χ1n) is 6.14. The summed E-state index contributed by atoms with van der Waals surface area (Å²) in [4.78, 5) is 11.0. The summed E-state index contributed by atoms with van der Waals surface area (Å²) in [6.45, 7) is 2.62. The third-order valence-electron chi connectivity index (χ3n) is 3.65. The van der Waals surface area contributed by atoms with Gasteiger partial charge in [0.2, 0.25) is 5.95 Å². The van der Waals surface area contributed by atoms with Gasteiger partial charge in [-0.05, 0) is 28.8 Å². The van der Waals surface area contributed by atoms with Crippen LogP contribution < -0.4 is 4.90 Å². The third kappa shape index (κ3) is 2.31. The molecule has 0 radical (unpaired) electrons. The number of ether oxygens (including phenoxy) is 1. The Morgan fingerprint density at radius 1 is 1.24 bits per heavy atom. The number of hydrogen-bond donors (Lipinski definition) is 0. The molecule has 0 N–H and O–H groups in total. The standard InChI is InChI=1S/C12H16BrN3O/c13-10-7-14-11(15-8-10)16-5-6-17-12(9-16)3-1-2-4-12/h7-8H,1-6,9H2. The molecule has 2 fully saturated rings. The van der Waals surface area contributed by atoms with Crippen LogP contribution in [0.15, 0.2) is 16.9 Å². The predicted octanol–water partition coefficient (Wildman–Crippen LogP) is 2.39. The first-order valence-corrected chi connectivity index (χ1v) is 6.93. The van der Waals surface area contributed by atoms with Gasteiger partial charge < -0.3 is 9.64 Å². The van der Waals surface area contributed by atoms with E-state index in [-0.39, 0.29) is 5.60 Å². The zero-order valence-corrected chi connectivity index (χ0v) is 11.3. The Hall–Kier alpha value is -0.680. The molecule has 1 aromatic heterocycles. The van der Waals surface area contributed by atoms with Crippen molar-refractivity contribution in [3.63, 3.8) is 0 Å². The number of aromatic nitrogens is 2. The van der Waals surface area contributed by atoms with E-state index in [1.54, 1.807) is 12.4 Å². The van der Waals surface area contributed by atoms with E-state index >= 15 is 0 Å². The quantitative estimate of drug-likeness (QED) is 0.798. The summed E-state index contributed by atoms with van der Waals surface area (Å²) < 4.78 is 6.92. The van der Waals surface area contributed by atoms with Gasteiger partial charge in [-0.3, -0.25) is 0 Å². The lowest BCUT2D eigenvalue weighted by Crippen LogP contribution is -2.51. The summed E-state index contributed by atoms with van der Waals surface area (Å²) in [7, 11) is 0. The SMILES string of the molecule is Brc1cnc(N2CCOC3(CCCC3)C2)nc1. The second kappa shape index (κ2) is 4.53. The molecule has 1 aromatic rings. The van der Waals surface area contributed by atoms with Gasteiger partial charge in [0.05, 0.1) is 16.7 Å². The molecule has 17 heavy (non-hydrogen) atoms. The molecule has 0 amide bonds. The van der Waals surface area contributed by atoms with Gasteiger partial charge in [0.1, 0.15) is 0 Å². The van der Waals surface area contributed by atoms with Crippen molar-refractivity contribution in [2.75, 3.05) is 24.6 Å². The average Bonchev–Trinajstić information content (AvgIpc) is 2.78. The molecule has 1 saturated carbocycles. The first-order chi connectivity index (χ1) is 8.27. The van der Waals surface area contributed by atoms with E-state index < -0.39 is 0 Å². The fourth-order valence-corrected chi connectivity index (χ4v) is 3.01. The lowest BCUT2D eigenvalue weighted by molar-refractivity contribution is -0.0505. The van der Waals surface area contributed by atoms with E-state index in [1.165, 1.54) is 25.7 Å². The molecule has 3 rings (SSSR count). The highest BCUT2D eigenvalue weighted by atomic mass is 79.9. The Labute approximate surface area is 110 Å². The highest BCUT2D eigenvalue weighted by Crippen LogP contribution is 2.36. The Balaban J connectivity index is 1.77. The van der Waals surface area contributed by atoms with Crippen LogP contribution in [0.4, 0.5) is 5.95 Å². The molecule has 2 aliphatic rings. The van der Waals surface area contributed by atoms with Crippen molar-refractivity contribution in [2.45, 2.75) is 31.3 Å². The molecule has 92 valence electrons. The van der Waals surface area contributed by atoms with Gasteiger partial charge in [0.15, 0.2) is 0 Å². The fraction of sp³-hybridized carbons (Fsp3) is 0.667. The molecule has 1 aliphatic heterocycles. The number of anilines is 1. The van der Waals surface area contributed by atoms with Crippen LogP contribution >= 0.6 is 15.9 Å². The number of nitrogens with zero attached hydrogens (tertiary/aromatic N) is 3. The molecule has 0 bridgehead atoms. The number of hydrogen-bond acceptors (Lipinski definition) is 4. The van der Waals surface area contributed by atoms with Gasteiger partial charge in [-0.2, -0.15) is 0 Å². The van der Waals surface area contributed by atoms with E-state index in [9.17, 15) is 0 Å². The molecule has 2 heterocycles. The van der Waals surface area contributed by atoms with E-state index in [0.717, 1.165) is 30.1 Å². The molecular formula is C12H16BrN3O. The fourth-order valence-electron chi connectivity index (χ4n) is 2.81. The Morgan fingerprint density at radius 3 is 2.65 bits per heavy atom. The van der Waals surface area contributed by atoms with E-state index in [0.29, 0.717) is 0 Å². The van der Waals surface area contributed by atoms with Crippen LogP contribution in [0.25, 0.3) is 0 Å². The second-order valence-electron chi connectivity index (χ2n) is 4.86. The van der Waals surface area contributed by atoms with Crippen molar-refractivity contribution in [3.8, 4) is 0 Å². The minimum atomic E-state index is 0.0781. The zero-order chi connectivity index (χ0) is 11.7. The lowest BCUT2D eigenvalue weighted by Gasteiger charge is -2.40. The average molecular weight is 298 g/mol. The maximum atomic E-state index is 6.00. The smallest absolute Gasteiger partial charge is 0.225 e. The van der Waals surface area contributed by atoms with Crippen molar-refractivity contribution in [3.05, 3.63) is 16.9 Å². The lowest BCUT2D eigenvalue weighted by atomic mass is 10.00. The van der Waals surface area contributed by atoms with Gasteiger partial charge >= 0.3 is 0 Å². The molecule has 1 aliphatic carbocycles. The minimum Gasteiger partial charge on any atom is -0.371 e. The summed E-state index contributed by atoms with van der Waals surface area (Å²) in [6.07, 6.45) is 8.54. The largest absolute Gasteiger partial charge is 0.371 e. The van der Waals surface area contributed by atoms with Crippen LogP contribution in [0.3, 0.4) is 0 Å². The van der Waals surface area contributed by atoms with Crippen LogP contribution in [0.5, 0.6) is 0 Å². The first kappa shape index (κ1) is 11.4. The molecule has 1 spiro atoms. The summed E-state index contributed by atoms with van der Waals surface area (Å²) >= 11 is 3.36. The normalized spacial score (nSPS) is 23.2. The molecule has 5 heteroatoms. The van der Waals surface area contributed by atoms with Crippen molar-refractivity contribution in [2.24, 2.45) is 0 Å². The highest BCUT2D eigenvalue weighted by molar-refractivity contribution is 9.10. The van der Waals surface area contributed by atoms with Crippen LogP contribution in [-0.4, -0.2) is 35.3 Å². The summed E-state index contributed by atoms with van der Waals surface area (Å²) in [5, 5.41) is 0. The molecule has 0 atom stereocenters. The van der Waals surface area contributed by atoms with Gasteiger partial charge in [-0.25, -0.2) is 9.97 Å². The number of rotatable bonds is 1. The van der Waals surface area contributed by atoms with Gasteiger partial charge in [0, 0.05) is 25.5 Å². The van der Waals surface area contributed by atoms with Crippen LogP contribution in [0.1, 0.15) is 25.7 Å². The Morgan fingerprint density at radius 2 is 1.94 bits per heavy atom. The summed E-state index contributed by atoms with van der Waals surface area (Å²) in [5.74, 6) is 0.822. The second-order valence-corrected chi connectivity index (χ2v) is 5.78. The number of morpholine rings is 1. The Kier molecular flexibility index (Phi) is 3.04. The van der Waals surface area contributed by atoms with Gasteiger partial charge in [-0.15, -0.1) is 0 Å². The topological polar surface area (TPSA) is 38.2 Å². The highest BCUT2D eigenvalue weighted by Gasteiger charge is 2.39. The summed E-state index contributed by atoms with van der Waals surface area (Å²) in [6, 6.07) is 0. The molecule has 0 aromatic carbocycles. The molecule has 1 saturated heterocycles. The van der Waals surface area contributed by atoms with E-state index in [2.05, 4.69) is 30.8 Å². The maximum Gasteiger partial charge on any atom is 0.225 e. The van der Waals surface area contributed by atoms with Crippen LogP contribution in [0, 0.1) is 0 Å². The van der Waals surface area contributed by atoms with E-state index in [4.69, 9.17) is 4.74 Å². The third-order valence-corrected chi connectivity index (χ3v) is 4.06. The molecule has 0 unspecified atom stereocenters. The zero-order valence-electron chi connectivity index (χ0n) is 9.73. The van der Waals surface area contributed by atoms with Crippen molar-refractivity contribution in [1.29, 1.82) is 0 Å². The molecule has 4 nitrogen and oxygen atoms in total. The van der Waals surface area contributed by atoms with Crippen molar-refractivity contribution in [1.82, 2.24) is 9.97 Å². The maximum absolute atomic E-state index is 6.00. The molecular weight excluding hydrogens is 282 g/mol. The Bertz CT molecular complexity index is 389. The number of halogens is 1. The van der Waals surface area contributed by atoms with Crippen LogP contribution in [0.2, 0.25) is 0 Å².